The Morgan fingerprint density at radius 1 is 1.20 bits per heavy atom. The summed E-state index contributed by atoms with van der Waals surface area (Å²) in [5.74, 6) is 0.785. The van der Waals surface area contributed by atoms with Crippen LogP contribution >= 0.6 is 0 Å². The van der Waals surface area contributed by atoms with Crippen molar-refractivity contribution in [2.75, 3.05) is 20.3 Å². The molecular weight excluding hydrogens is 192 g/mol. The highest BCUT2D eigenvalue weighted by Crippen LogP contribution is 2.16. The Morgan fingerprint density at radius 2 is 1.93 bits per heavy atom. The van der Waals surface area contributed by atoms with Crippen molar-refractivity contribution in [2.24, 2.45) is 0 Å². The number of rotatable bonds is 5. The van der Waals surface area contributed by atoms with Gasteiger partial charge >= 0.3 is 0 Å². The first-order chi connectivity index (χ1) is 7.13. The number of aliphatic hydroxyl groups is 1. The first-order valence-electron chi connectivity index (χ1n) is 5.00. The summed E-state index contributed by atoms with van der Waals surface area (Å²) in [6, 6.07) is 5.88. The highest BCUT2D eigenvalue weighted by atomic mass is 16.5. The van der Waals surface area contributed by atoms with Crippen LogP contribution in [0.15, 0.2) is 18.2 Å². The van der Waals surface area contributed by atoms with Crippen molar-refractivity contribution in [3.8, 4) is 5.75 Å². The van der Waals surface area contributed by atoms with Gasteiger partial charge in [0.1, 0.15) is 18.5 Å². The highest BCUT2D eigenvalue weighted by Gasteiger charge is 2.04. The molecule has 0 aromatic heterocycles. The van der Waals surface area contributed by atoms with Gasteiger partial charge < -0.3 is 14.6 Å². The first kappa shape index (κ1) is 12.0. The third kappa shape index (κ3) is 3.90. The summed E-state index contributed by atoms with van der Waals surface area (Å²) in [5, 5.41) is 9.38. The lowest BCUT2D eigenvalue weighted by atomic mass is 10.1. The maximum Gasteiger partial charge on any atom is 0.119 e. The van der Waals surface area contributed by atoms with E-state index in [9.17, 15) is 5.11 Å². The van der Waals surface area contributed by atoms with E-state index < -0.39 is 6.10 Å². The Balaban J connectivity index is 2.47. The average Bonchev–Trinajstić information content (AvgIpc) is 2.20. The number of benzene rings is 1. The van der Waals surface area contributed by atoms with Crippen molar-refractivity contribution in [2.45, 2.75) is 20.0 Å². The zero-order chi connectivity index (χ0) is 11.3. The molecule has 0 amide bonds. The fourth-order valence-electron chi connectivity index (χ4n) is 1.24. The van der Waals surface area contributed by atoms with E-state index in [2.05, 4.69) is 6.92 Å². The third-order valence-electron chi connectivity index (χ3n) is 2.28. The van der Waals surface area contributed by atoms with E-state index in [0.29, 0.717) is 6.61 Å². The maximum absolute atomic E-state index is 9.38. The summed E-state index contributed by atoms with van der Waals surface area (Å²) in [5.41, 5.74) is 2.42. The van der Waals surface area contributed by atoms with Crippen molar-refractivity contribution >= 4 is 0 Å². The first-order valence-corrected chi connectivity index (χ1v) is 5.00. The van der Waals surface area contributed by atoms with Crippen LogP contribution in [0.2, 0.25) is 0 Å². The lowest BCUT2D eigenvalue weighted by molar-refractivity contribution is 0.0325. The van der Waals surface area contributed by atoms with E-state index in [1.165, 1.54) is 11.1 Å². The molecule has 0 heterocycles. The SMILES string of the molecule is COCC(O)COc1ccc(C)c(C)c1. The number of hydrogen-bond donors (Lipinski definition) is 1. The van der Waals surface area contributed by atoms with Gasteiger partial charge in [0.25, 0.3) is 0 Å². The fourth-order valence-corrected chi connectivity index (χ4v) is 1.24. The van der Waals surface area contributed by atoms with Crippen LogP contribution in [0.25, 0.3) is 0 Å². The Bertz CT molecular complexity index is 310. The second kappa shape index (κ2) is 5.73. The highest BCUT2D eigenvalue weighted by molar-refractivity contribution is 5.33. The summed E-state index contributed by atoms with van der Waals surface area (Å²) in [7, 11) is 1.55. The predicted molar refractivity (Wildman–Crippen MR) is 59.3 cm³/mol. The minimum Gasteiger partial charge on any atom is -0.491 e. The largest absolute Gasteiger partial charge is 0.491 e. The molecule has 15 heavy (non-hydrogen) atoms. The van der Waals surface area contributed by atoms with Crippen LogP contribution in [0.3, 0.4) is 0 Å². The molecule has 1 N–H and O–H groups in total. The molecular formula is C12H18O3. The quantitative estimate of drug-likeness (QED) is 0.803. The summed E-state index contributed by atoms with van der Waals surface area (Å²) in [6.45, 7) is 4.65. The summed E-state index contributed by atoms with van der Waals surface area (Å²) >= 11 is 0. The molecule has 84 valence electrons. The smallest absolute Gasteiger partial charge is 0.119 e. The van der Waals surface area contributed by atoms with Gasteiger partial charge in [-0.2, -0.15) is 0 Å². The van der Waals surface area contributed by atoms with Gasteiger partial charge in [-0.1, -0.05) is 6.07 Å². The van der Waals surface area contributed by atoms with E-state index in [1.54, 1.807) is 7.11 Å². The van der Waals surface area contributed by atoms with E-state index in [1.807, 2.05) is 25.1 Å². The van der Waals surface area contributed by atoms with Crippen molar-refractivity contribution in [1.82, 2.24) is 0 Å². The average molecular weight is 210 g/mol. The van der Waals surface area contributed by atoms with E-state index in [4.69, 9.17) is 9.47 Å². The third-order valence-corrected chi connectivity index (χ3v) is 2.28. The zero-order valence-corrected chi connectivity index (χ0v) is 9.49. The van der Waals surface area contributed by atoms with Crippen molar-refractivity contribution in [3.05, 3.63) is 29.3 Å². The van der Waals surface area contributed by atoms with Crippen LogP contribution in [0.1, 0.15) is 11.1 Å². The summed E-state index contributed by atoms with van der Waals surface area (Å²) in [6.07, 6.45) is -0.573. The zero-order valence-electron chi connectivity index (χ0n) is 9.49. The van der Waals surface area contributed by atoms with E-state index in [-0.39, 0.29) is 6.61 Å². The molecule has 0 bridgehead atoms. The van der Waals surface area contributed by atoms with Gasteiger partial charge in [0.2, 0.25) is 0 Å². The normalized spacial score (nSPS) is 12.5. The number of ether oxygens (including phenoxy) is 2. The minimum atomic E-state index is -0.573. The molecule has 1 aromatic rings. The van der Waals surface area contributed by atoms with Gasteiger partial charge in [0.15, 0.2) is 0 Å². The van der Waals surface area contributed by atoms with Crippen LogP contribution in [-0.2, 0) is 4.74 Å². The molecule has 0 aliphatic rings. The monoisotopic (exact) mass is 210 g/mol. The molecule has 1 rings (SSSR count). The number of hydrogen-bond acceptors (Lipinski definition) is 3. The molecule has 1 aromatic carbocycles. The molecule has 3 nitrogen and oxygen atoms in total. The standard InChI is InChI=1S/C12H18O3/c1-9-4-5-12(6-10(9)2)15-8-11(13)7-14-3/h4-6,11,13H,7-8H2,1-3H3. The van der Waals surface area contributed by atoms with Crippen LogP contribution < -0.4 is 4.74 Å². The van der Waals surface area contributed by atoms with Crippen molar-refractivity contribution in [3.63, 3.8) is 0 Å². The van der Waals surface area contributed by atoms with Crippen molar-refractivity contribution in [1.29, 1.82) is 0 Å². The van der Waals surface area contributed by atoms with E-state index >= 15 is 0 Å². The van der Waals surface area contributed by atoms with Crippen LogP contribution in [-0.4, -0.2) is 31.5 Å². The Labute approximate surface area is 90.6 Å². The Morgan fingerprint density at radius 3 is 2.53 bits per heavy atom. The number of methoxy groups -OCH3 is 1. The number of aryl methyl sites for hydroxylation is 2. The molecule has 0 aliphatic heterocycles. The number of aliphatic hydroxyl groups excluding tert-OH is 1. The van der Waals surface area contributed by atoms with Gasteiger partial charge in [0.05, 0.1) is 6.61 Å². The molecule has 1 atom stereocenters. The van der Waals surface area contributed by atoms with Gasteiger partial charge in [-0.15, -0.1) is 0 Å². The molecule has 1 unspecified atom stereocenters. The van der Waals surface area contributed by atoms with Gasteiger partial charge in [0, 0.05) is 7.11 Å². The molecule has 0 radical (unpaired) electrons. The molecule has 0 saturated carbocycles. The summed E-state index contributed by atoms with van der Waals surface area (Å²) in [4.78, 5) is 0. The lowest BCUT2D eigenvalue weighted by Crippen LogP contribution is -2.22. The summed E-state index contributed by atoms with van der Waals surface area (Å²) < 4.78 is 10.2. The molecule has 0 saturated heterocycles. The molecule has 0 fully saturated rings. The lowest BCUT2D eigenvalue weighted by Gasteiger charge is -2.12. The maximum atomic E-state index is 9.38. The molecule has 0 spiro atoms. The predicted octanol–water partition coefficient (Wildman–Crippen LogP) is 1.69. The van der Waals surface area contributed by atoms with Gasteiger partial charge in [-0.25, -0.2) is 0 Å². The Hall–Kier alpha value is -1.06. The van der Waals surface area contributed by atoms with Crippen LogP contribution in [0, 0.1) is 13.8 Å². The molecule has 0 aliphatic carbocycles. The Kier molecular flexibility index (Phi) is 4.59. The van der Waals surface area contributed by atoms with Crippen LogP contribution in [0.5, 0.6) is 5.75 Å². The topological polar surface area (TPSA) is 38.7 Å². The van der Waals surface area contributed by atoms with Gasteiger partial charge in [-0.05, 0) is 37.1 Å². The van der Waals surface area contributed by atoms with E-state index in [0.717, 1.165) is 5.75 Å². The minimum absolute atomic E-state index is 0.260. The fraction of sp³-hybridized carbons (Fsp3) is 0.500. The van der Waals surface area contributed by atoms with Gasteiger partial charge in [-0.3, -0.25) is 0 Å². The molecule has 3 heteroatoms. The van der Waals surface area contributed by atoms with Crippen LogP contribution in [0.4, 0.5) is 0 Å². The van der Waals surface area contributed by atoms with Crippen molar-refractivity contribution < 1.29 is 14.6 Å². The second-order valence-electron chi connectivity index (χ2n) is 3.67. The second-order valence-corrected chi connectivity index (χ2v) is 3.67.